The van der Waals surface area contributed by atoms with E-state index in [2.05, 4.69) is 0 Å². The van der Waals surface area contributed by atoms with E-state index in [1.807, 2.05) is 6.92 Å². The lowest BCUT2D eigenvalue weighted by molar-refractivity contribution is -0.127. The summed E-state index contributed by atoms with van der Waals surface area (Å²) in [5.41, 5.74) is -0.450. The van der Waals surface area contributed by atoms with E-state index in [0.717, 1.165) is 23.1 Å². The highest BCUT2D eigenvalue weighted by molar-refractivity contribution is 5.88. The van der Waals surface area contributed by atoms with Crippen LogP contribution in [0.3, 0.4) is 0 Å². The van der Waals surface area contributed by atoms with Crippen LogP contribution in [0.2, 0.25) is 0 Å². The van der Waals surface area contributed by atoms with Crippen molar-refractivity contribution in [3.05, 3.63) is 53.1 Å². The van der Waals surface area contributed by atoms with E-state index in [-0.39, 0.29) is 30.0 Å². The SMILES string of the molecule is CCN(C)/C=C(F)\C=C(/C=O)N1CC(c2c(F)cc(OC)cc2F)CC1=O. The van der Waals surface area contributed by atoms with Crippen molar-refractivity contribution < 1.29 is 27.5 Å². The zero-order chi connectivity index (χ0) is 20.1. The van der Waals surface area contributed by atoms with Crippen LogP contribution < -0.4 is 4.74 Å². The summed E-state index contributed by atoms with van der Waals surface area (Å²) < 4.78 is 47.4. The molecule has 27 heavy (non-hydrogen) atoms. The summed E-state index contributed by atoms with van der Waals surface area (Å²) in [7, 11) is 2.94. The maximum Gasteiger partial charge on any atom is 0.227 e. The molecule has 0 aliphatic carbocycles. The van der Waals surface area contributed by atoms with Gasteiger partial charge in [-0.15, -0.1) is 0 Å². The summed E-state index contributed by atoms with van der Waals surface area (Å²) in [6.45, 7) is 2.25. The lowest BCUT2D eigenvalue weighted by Crippen LogP contribution is -2.25. The minimum Gasteiger partial charge on any atom is -0.497 e. The molecule has 0 aromatic heterocycles. The number of likely N-dealkylation sites (tertiary alicyclic amines) is 1. The molecule has 5 nitrogen and oxygen atoms in total. The van der Waals surface area contributed by atoms with Crippen LogP contribution in [0.4, 0.5) is 13.2 Å². The van der Waals surface area contributed by atoms with Crippen LogP contribution in [0.5, 0.6) is 5.75 Å². The first-order valence-electron chi connectivity index (χ1n) is 8.38. The molecule has 1 atom stereocenters. The molecule has 8 heteroatoms. The van der Waals surface area contributed by atoms with Gasteiger partial charge in [-0.1, -0.05) is 0 Å². The number of nitrogens with zero attached hydrogens (tertiary/aromatic N) is 2. The zero-order valence-corrected chi connectivity index (χ0v) is 15.3. The summed E-state index contributed by atoms with van der Waals surface area (Å²) >= 11 is 0. The third-order valence-corrected chi connectivity index (χ3v) is 4.38. The van der Waals surface area contributed by atoms with Gasteiger partial charge in [0.2, 0.25) is 5.91 Å². The molecule has 1 aliphatic rings. The van der Waals surface area contributed by atoms with Crippen LogP contribution in [0.25, 0.3) is 0 Å². The Morgan fingerprint density at radius 1 is 1.37 bits per heavy atom. The number of rotatable bonds is 7. The van der Waals surface area contributed by atoms with Crippen molar-refractivity contribution in [1.82, 2.24) is 9.80 Å². The molecule has 1 fully saturated rings. The Hall–Kier alpha value is -2.77. The van der Waals surface area contributed by atoms with Crippen molar-refractivity contribution in [3.8, 4) is 5.75 Å². The average Bonchev–Trinajstić information content (AvgIpc) is 2.99. The van der Waals surface area contributed by atoms with E-state index < -0.39 is 29.3 Å². The van der Waals surface area contributed by atoms with E-state index in [0.29, 0.717) is 12.8 Å². The molecule has 1 aromatic carbocycles. The lowest BCUT2D eigenvalue weighted by Gasteiger charge is -2.17. The molecule has 1 aliphatic heterocycles. The van der Waals surface area contributed by atoms with Gasteiger partial charge in [0.1, 0.15) is 23.2 Å². The Morgan fingerprint density at radius 3 is 2.52 bits per heavy atom. The van der Waals surface area contributed by atoms with E-state index >= 15 is 0 Å². The number of methoxy groups -OCH3 is 1. The van der Waals surface area contributed by atoms with Crippen molar-refractivity contribution in [2.24, 2.45) is 0 Å². The molecule has 1 amide bonds. The Morgan fingerprint density at radius 2 is 2.00 bits per heavy atom. The second-order valence-electron chi connectivity index (χ2n) is 6.18. The van der Waals surface area contributed by atoms with Gasteiger partial charge in [0.15, 0.2) is 6.29 Å². The predicted octanol–water partition coefficient (Wildman–Crippen LogP) is 3.13. The molecular weight excluding hydrogens is 361 g/mol. The largest absolute Gasteiger partial charge is 0.497 e. The fraction of sp³-hybridized carbons (Fsp3) is 0.368. The molecule has 0 N–H and O–H groups in total. The Bertz CT molecular complexity index is 769. The summed E-state index contributed by atoms with van der Waals surface area (Å²) in [6, 6.07) is 2.07. The third-order valence-electron chi connectivity index (χ3n) is 4.38. The van der Waals surface area contributed by atoms with Crippen LogP contribution >= 0.6 is 0 Å². The third kappa shape index (κ3) is 4.69. The Balaban J connectivity index is 2.29. The molecule has 0 saturated carbocycles. The van der Waals surface area contributed by atoms with Gasteiger partial charge >= 0.3 is 0 Å². The topological polar surface area (TPSA) is 49.9 Å². The molecule has 0 spiro atoms. The number of hydrogen-bond donors (Lipinski definition) is 0. The number of benzene rings is 1. The number of ether oxygens (including phenoxy) is 1. The molecule has 146 valence electrons. The van der Waals surface area contributed by atoms with Crippen molar-refractivity contribution in [2.45, 2.75) is 19.3 Å². The number of hydrogen-bond acceptors (Lipinski definition) is 4. The maximum atomic E-state index is 14.3. The lowest BCUT2D eigenvalue weighted by atomic mass is 9.97. The van der Waals surface area contributed by atoms with E-state index in [4.69, 9.17) is 4.74 Å². The van der Waals surface area contributed by atoms with Gasteiger partial charge in [-0.3, -0.25) is 9.59 Å². The van der Waals surface area contributed by atoms with Crippen LogP contribution in [0.1, 0.15) is 24.8 Å². The minimum absolute atomic E-state index is 0.0238. The number of amides is 1. The van der Waals surface area contributed by atoms with Crippen molar-refractivity contribution in [2.75, 3.05) is 27.2 Å². The molecule has 1 saturated heterocycles. The number of carbonyl (C=O) groups is 2. The standard InChI is InChI=1S/C19H21F3N2O3/c1-4-23(2)10-13(20)6-14(11-25)24-9-12(5-18(24)26)19-16(21)7-15(27-3)8-17(19)22/h6-8,10-12H,4-5,9H2,1-3H3/b13-10+,14-6+. The molecule has 1 aromatic rings. The normalized spacial score (nSPS) is 18.1. The average molecular weight is 382 g/mol. The first-order valence-corrected chi connectivity index (χ1v) is 8.38. The number of carbonyl (C=O) groups excluding carboxylic acids is 2. The first-order chi connectivity index (χ1) is 12.8. The van der Waals surface area contributed by atoms with Crippen LogP contribution in [0.15, 0.2) is 35.9 Å². The van der Waals surface area contributed by atoms with Crippen LogP contribution in [-0.4, -0.2) is 49.2 Å². The van der Waals surface area contributed by atoms with Crippen molar-refractivity contribution in [3.63, 3.8) is 0 Å². The van der Waals surface area contributed by atoms with Crippen molar-refractivity contribution >= 4 is 12.2 Å². The molecule has 2 rings (SSSR count). The molecule has 1 heterocycles. The van der Waals surface area contributed by atoms with Crippen molar-refractivity contribution in [1.29, 1.82) is 0 Å². The number of aldehydes is 1. The maximum absolute atomic E-state index is 14.3. The zero-order valence-electron chi connectivity index (χ0n) is 15.3. The summed E-state index contributed by atoms with van der Waals surface area (Å²) in [5.74, 6) is -3.66. The Kier molecular flexibility index (Phi) is 6.65. The van der Waals surface area contributed by atoms with E-state index in [1.165, 1.54) is 13.3 Å². The first kappa shape index (κ1) is 20.5. The molecule has 0 radical (unpaired) electrons. The van der Waals surface area contributed by atoms with Gasteiger partial charge in [0, 0.05) is 62.4 Å². The highest BCUT2D eigenvalue weighted by Gasteiger charge is 2.36. The van der Waals surface area contributed by atoms with Crippen LogP contribution in [0, 0.1) is 11.6 Å². The fourth-order valence-electron chi connectivity index (χ4n) is 2.88. The summed E-state index contributed by atoms with van der Waals surface area (Å²) in [4.78, 5) is 26.2. The Labute approximate surface area is 155 Å². The second kappa shape index (κ2) is 8.75. The molecule has 1 unspecified atom stereocenters. The molecule has 0 bridgehead atoms. The van der Waals surface area contributed by atoms with Gasteiger partial charge in [-0.05, 0) is 6.92 Å². The van der Waals surface area contributed by atoms with E-state index in [9.17, 15) is 22.8 Å². The minimum atomic E-state index is -0.834. The molecular formula is C19H21F3N2O3. The number of halogens is 3. The number of allylic oxidation sites excluding steroid dienone is 3. The summed E-state index contributed by atoms with van der Waals surface area (Å²) in [5, 5.41) is 0. The highest BCUT2D eigenvalue weighted by Crippen LogP contribution is 2.35. The van der Waals surface area contributed by atoms with Gasteiger partial charge in [-0.2, -0.15) is 0 Å². The second-order valence-corrected chi connectivity index (χ2v) is 6.18. The van der Waals surface area contributed by atoms with Gasteiger partial charge in [-0.25, -0.2) is 13.2 Å². The monoisotopic (exact) mass is 382 g/mol. The predicted molar refractivity (Wildman–Crippen MR) is 93.6 cm³/mol. The van der Waals surface area contributed by atoms with E-state index in [1.54, 1.807) is 11.9 Å². The van der Waals surface area contributed by atoms with Crippen LogP contribution in [-0.2, 0) is 9.59 Å². The van der Waals surface area contributed by atoms with Gasteiger partial charge in [0.25, 0.3) is 0 Å². The smallest absolute Gasteiger partial charge is 0.227 e. The summed E-state index contributed by atoms with van der Waals surface area (Å²) in [6.07, 6.45) is 2.27. The highest BCUT2D eigenvalue weighted by atomic mass is 19.1. The fourth-order valence-corrected chi connectivity index (χ4v) is 2.88. The quantitative estimate of drug-likeness (QED) is 0.413. The van der Waals surface area contributed by atoms with Gasteiger partial charge < -0.3 is 14.5 Å². The van der Waals surface area contributed by atoms with Gasteiger partial charge in [0.05, 0.1) is 12.8 Å².